The first-order valence-corrected chi connectivity index (χ1v) is 9.33. The molecule has 2 aromatic rings. The molecule has 1 aromatic heterocycles. The standard InChI is InChI=1S/C19H22ClN3O2/c20-14-4-6-15(7-5-14)25-16-8-10-23(11-9-16)19(24)18-17(12-21-22-18)13-2-1-3-13/h4-7,12-13,16H,1-3,8-11H2,(H,21,22). The lowest BCUT2D eigenvalue weighted by Gasteiger charge is -2.33. The number of hydrogen-bond acceptors (Lipinski definition) is 3. The van der Waals surface area contributed by atoms with Gasteiger partial charge in [-0.3, -0.25) is 9.89 Å². The van der Waals surface area contributed by atoms with Crippen LogP contribution in [0.5, 0.6) is 5.75 Å². The molecule has 25 heavy (non-hydrogen) atoms. The van der Waals surface area contributed by atoms with Gasteiger partial charge in [-0.05, 0) is 43.0 Å². The average Bonchev–Trinajstić information content (AvgIpc) is 3.04. The Morgan fingerprint density at radius 2 is 1.88 bits per heavy atom. The predicted octanol–water partition coefficient (Wildman–Crippen LogP) is 4.01. The number of benzene rings is 1. The zero-order valence-electron chi connectivity index (χ0n) is 14.1. The van der Waals surface area contributed by atoms with E-state index in [0.717, 1.165) is 37.0 Å². The third-order valence-corrected chi connectivity index (χ3v) is 5.53. The first-order chi connectivity index (χ1) is 12.2. The summed E-state index contributed by atoms with van der Waals surface area (Å²) in [5.41, 5.74) is 1.78. The number of carbonyl (C=O) groups is 1. The predicted molar refractivity (Wildman–Crippen MR) is 96.2 cm³/mol. The van der Waals surface area contributed by atoms with Gasteiger partial charge in [0.25, 0.3) is 5.91 Å². The van der Waals surface area contributed by atoms with E-state index in [4.69, 9.17) is 16.3 Å². The zero-order valence-corrected chi connectivity index (χ0v) is 14.8. The second kappa shape index (κ2) is 7.08. The van der Waals surface area contributed by atoms with Crippen LogP contribution >= 0.6 is 11.6 Å². The minimum Gasteiger partial charge on any atom is -0.490 e. The van der Waals surface area contributed by atoms with Crippen LogP contribution in [0.25, 0.3) is 0 Å². The van der Waals surface area contributed by atoms with Crippen molar-refractivity contribution in [2.45, 2.75) is 44.1 Å². The molecule has 2 fully saturated rings. The molecule has 0 unspecified atom stereocenters. The number of halogens is 1. The van der Waals surface area contributed by atoms with Gasteiger partial charge in [-0.15, -0.1) is 0 Å². The Morgan fingerprint density at radius 1 is 1.16 bits per heavy atom. The van der Waals surface area contributed by atoms with Gasteiger partial charge in [0.05, 0.1) is 6.20 Å². The summed E-state index contributed by atoms with van der Waals surface area (Å²) in [5, 5.41) is 7.74. The van der Waals surface area contributed by atoms with Crippen molar-refractivity contribution < 1.29 is 9.53 Å². The van der Waals surface area contributed by atoms with Crippen molar-refractivity contribution in [2.75, 3.05) is 13.1 Å². The van der Waals surface area contributed by atoms with Crippen molar-refractivity contribution in [1.82, 2.24) is 15.1 Å². The van der Waals surface area contributed by atoms with E-state index in [9.17, 15) is 4.79 Å². The summed E-state index contributed by atoms with van der Waals surface area (Å²) < 4.78 is 6.00. The van der Waals surface area contributed by atoms with Gasteiger partial charge in [-0.25, -0.2) is 0 Å². The molecule has 1 saturated heterocycles. The van der Waals surface area contributed by atoms with E-state index in [0.29, 0.717) is 29.7 Å². The van der Waals surface area contributed by atoms with Gasteiger partial charge in [0.1, 0.15) is 17.5 Å². The van der Waals surface area contributed by atoms with Crippen LogP contribution in [-0.4, -0.2) is 40.2 Å². The van der Waals surface area contributed by atoms with Crippen LogP contribution in [0.1, 0.15) is 54.1 Å². The van der Waals surface area contributed by atoms with Gasteiger partial charge in [0.2, 0.25) is 0 Å². The van der Waals surface area contributed by atoms with Gasteiger partial charge >= 0.3 is 0 Å². The Hall–Kier alpha value is -2.01. The SMILES string of the molecule is O=C(c1[nH]ncc1C1CCC1)N1CCC(Oc2ccc(Cl)cc2)CC1. The normalized spacial score (nSPS) is 18.8. The lowest BCUT2D eigenvalue weighted by Crippen LogP contribution is -2.42. The first-order valence-electron chi connectivity index (χ1n) is 8.95. The molecule has 6 heteroatoms. The third kappa shape index (κ3) is 3.52. The Morgan fingerprint density at radius 3 is 2.52 bits per heavy atom. The molecule has 1 amide bonds. The Kier molecular flexibility index (Phi) is 4.66. The van der Waals surface area contributed by atoms with E-state index >= 15 is 0 Å². The highest BCUT2D eigenvalue weighted by Crippen LogP contribution is 2.37. The molecule has 2 aliphatic rings. The second-order valence-electron chi connectivity index (χ2n) is 6.89. The molecule has 0 spiro atoms. The van der Waals surface area contributed by atoms with Gasteiger partial charge in [0, 0.05) is 36.5 Å². The number of rotatable bonds is 4. The number of piperidine rings is 1. The van der Waals surface area contributed by atoms with Crippen LogP contribution in [0, 0.1) is 0 Å². The molecule has 1 aliphatic carbocycles. The lowest BCUT2D eigenvalue weighted by atomic mass is 9.80. The van der Waals surface area contributed by atoms with Crippen molar-refractivity contribution in [3.63, 3.8) is 0 Å². The number of H-pyrrole nitrogens is 1. The Labute approximate surface area is 152 Å². The maximum absolute atomic E-state index is 12.8. The van der Waals surface area contributed by atoms with Crippen molar-refractivity contribution >= 4 is 17.5 Å². The summed E-state index contributed by atoms with van der Waals surface area (Å²) in [6.45, 7) is 1.42. The Balaban J connectivity index is 1.34. The molecule has 132 valence electrons. The van der Waals surface area contributed by atoms with E-state index in [1.807, 2.05) is 35.4 Å². The minimum atomic E-state index is 0.0735. The lowest BCUT2D eigenvalue weighted by molar-refractivity contribution is 0.0588. The van der Waals surface area contributed by atoms with Crippen molar-refractivity contribution in [1.29, 1.82) is 0 Å². The highest BCUT2D eigenvalue weighted by Gasteiger charge is 2.30. The molecule has 4 rings (SSSR count). The fraction of sp³-hybridized carbons (Fsp3) is 0.474. The zero-order chi connectivity index (χ0) is 17.2. The molecule has 0 bridgehead atoms. The quantitative estimate of drug-likeness (QED) is 0.897. The number of amides is 1. The summed E-state index contributed by atoms with van der Waals surface area (Å²) in [7, 11) is 0. The van der Waals surface area contributed by atoms with Gasteiger partial charge in [-0.2, -0.15) is 5.10 Å². The van der Waals surface area contributed by atoms with Gasteiger partial charge in [-0.1, -0.05) is 18.0 Å². The van der Waals surface area contributed by atoms with E-state index in [-0.39, 0.29) is 12.0 Å². The van der Waals surface area contributed by atoms with Crippen molar-refractivity contribution in [3.8, 4) is 5.75 Å². The van der Waals surface area contributed by atoms with Crippen molar-refractivity contribution in [3.05, 3.63) is 46.7 Å². The van der Waals surface area contributed by atoms with E-state index < -0.39 is 0 Å². The van der Waals surface area contributed by atoms with Crippen LogP contribution in [0.2, 0.25) is 5.02 Å². The van der Waals surface area contributed by atoms with E-state index in [2.05, 4.69) is 10.2 Å². The fourth-order valence-corrected chi connectivity index (χ4v) is 3.66. The molecule has 5 nitrogen and oxygen atoms in total. The summed E-state index contributed by atoms with van der Waals surface area (Å²) in [6.07, 6.45) is 7.21. The number of nitrogens with zero attached hydrogens (tertiary/aromatic N) is 2. The number of likely N-dealkylation sites (tertiary alicyclic amines) is 1. The molecule has 0 atom stereocenters. The van der Waals surface area contributed by atoms with Gasteiger partial charge < -0.3 is 9.64 Å². The fourth-order valence-electron chi connectivity index (χ4n) is 3.54. The molecule has 1 saturated carbocycles. The molecule has 1 N–H and O–H groups in total. The molecule has 0 radical (unpaired) electrons. The average molecular weight is 360 g/mol. The topological polar surface area (TPSA) is 58.2 Å². The van der Waals surface area contributed by atoms with Crippen LogP contribution in [0.15, 0.2) is 30.5 Å². The summed E-state index contributed by atoms with van der Waals surface area (Å²) in [6, 6.07) is 7.43. The second-order valence-corrected chi connectivity index (χ2v) is 7.33. The highest BCUT2D eigenvalue weighted by molar-refractivity contribution is 6.30. The highest BCUT2D eigenvalue weighted by atomic mass is 35.5. The minimum absolute atomic E-state index is 0.0735. The van der Waals surface area contributed by atoms with E-state index in [1.54, 1.807) is 0 Å². The number of nitrogens with one attached hydrogen (secondary N) is 1. The smallest absolute Gasteiger partial charge is 0.272 e. The number of ether oxygens (including phenoxy) is 1. The number of aromatic amines is 1. The molecule has 1 aromatic carbocycles. The number of hydrogen-bond donors (Lipinski definition) is 1. The van der Waals surface area contributed by atoms with Crippen LogP contribution in [0.4, 0.5) is 0 Å². The third-order valence-electron chi connectivity index (χ3n) is 5.27. The number of aromatic nitrogens is 2. The summed E-state index contributed by atoms with van der Waals surface area (Å²) in [5.74, 6) is 1.41. The maximum Gasteiger partial charge on any atom is 0.272 e. The van der Waals surface area contributed by atoms with Crippen LogP contribution in [0.3, 0.4) is 0 Å². The van der Waals surface area contributed by atoms with E-state index in [1.165, 1.54) is 6.42 Å². The summed E-state index contributed by atoms with van der Waals surface area (Å²) in [4.78, 5) is 14.7. The number of carbonyl (C=O) groups excluding carboxylic acids is 1. The van der Waals surface area contributed by atoms with Crippen LogP contribution in [-0.2, 0) is 0 Å². The maximum atomic E-state index is 12.8. The molecule has 1 aliphatic heterocycles. The first kappa shape index (κ1) is 16.5. The molecule has 2 heterocycles. The summed E-state index contributed by atoms with van der Waals surface area (Å²) >= 11 is 5.90. The Bertz CT molecular complexity index is 731. The molecular formula is C19H22ClN3O2. The van der Waals surface area contributed by atoms with Crippen LogP contribution < -0.4 is 4.74 Å². The monoisotopic (exact) mass is 359 g/mol. The van der Waals surface area contributed by atoms with Crippen molar-refractivity contribution in [2.24, 2.45) is 0 Å². The van der Waals surface area contributed by atoms with Gasteiger partial charge in [0.15, 0.2) is 0 Å². The largest absolute Gasteiger partial charge is 0.490 e. The molecular weight excluding hydrogens is 338 g/mol.